The molecule has 0 unspecified atom stereocenters. The maximum atomic E-state index is 5.93. The van der Waals surface area contributed by atoms with Crippen molar-refractivity contribution in [3.8, 4) is 5.75 Å². The lowest BCUT2D eigenvalue weighted by Crippen LogP contribution is -1.98. The highest BCUT2D eigenvalue weighted by atomic mass is 16.5. The van der Waals surface area contributed by atoms with Gasteiger partial charge >= 0.3 is 0 Å². The normalized spacial score (nSPS) is 11.2. The molecule has 6 nitrogen and oxygen atoms in total. The summed E-state index contributed by atoms with van der Waals surface area (Å²) in [6.45, 7) is 0.447. The number of nitrogens with one attached hydrogen (secondary N) is 1. The predicted molar refractivity (Wildman–Crippen MR) is 125 cm³/mol. The van der Waals surface area contributed by atoms with E-state index in [1.165, 1.54) is 11.1 Å². The molecule has 0 aliphatic carbocycles. The van der Waals surface area contributed by atoms with Crippen LogP contribution >= 0.6 is 0 Å². The van der Waals surface area contributed by atoms with Crippen molar-refractivity contribution in [2.24, 2.45) is 0 Å². The standard InChI is InChI=1S/C26H21N5O/c1-2-4-25-22(3-1)12-13-23(27-25)18-32-24-14-9-21(10-15-24)17-20-7-5-19(6-8-20)11-16-26-28-30-31-29-26/h1-16H,17-18H2,(H,28,29,30,31)/b16-11+. The summed E-state index contributed by atoms with van der Waals surface area (Å²) in [5, 5.41) is 14.9. The Morgan fingerprint density at radius 2 is 1.56 bits per heavy atom. The van der Waals surface area contributed by atoms with Gasteiger partial charge in [0.2, 0.25) is 0 Å². The number of benzene rings is 3. The molecule has 1 N–H and O–H groups in total. The van der Waals surface area contributed by atoms with Crippen molar-refractivity contribution in [2.75, 3.05) is 0 Å². The van der Waals surface area contributed by atoms with E-state index >= 15 is 0 Å². The van der Waals surface area contributed by atoms with E-state index in [1.807, 2.05) is 48.6 Å². The van der Waals surface area contributed by atoms with E-state index in [0.29, 0.717) is 12.4 Å². The molecular formula is C26H21N5O. The summed E-state index contributed by atoms with van der Waals surface area (Å²) in [5.74, 6) is 1.40. The highest BCUT2D eigenvalue weighted by Gasteiger charge is 2.02. The highest BCUT2D eigenvalue weighted by Crippen LogP contribution is 2.18. The zero-order valence-corrected chi connectivity index (χ0v) is 17.3. The predicted octanol–water partition coefficient (Wildman–Crippen LogP) is 5.09. The lowest BCUT2D eigenvalue weighted by Gasteiger charge is -2.08. The van der Waals surface area contributed by atoms with Gasteiger partial charge in [-0.15, -0.1) is 10.2 Å². The smallest absolute Gasteiger partial charge is 0.197 e. The topological polar surface area (TPSA) is 76.6 Å². The number of nitrogens with zero attached hydrogens (tertiary/aromatic N) is 4. The maximum absolute atomic E-state index is 5.93. The molecule has 0 atom stereocenters. The zero-order chi connectivity index (χ0) is 21.6. The molecule has 0 saturated carbocycles. The minimum atomic E-state index is 0.447. The third-order valence-electron chi connectivity index (χ3n) is 5.14. The van der Waals surface area contributed by atoms with Crippen LogP contribution < -0.4 is 4.74 Å². The number of aromatic nitrogens is 5. The summed E-state index contributed by atoms with van der Waals surface area (Å²) in [4.78, 5) is 4.66. The molecule has 156 valence electrons. The maximum Gasteiger partial charge on any atom is 0.197 e. The van der Waals surface area contributed by atoms with Crippen LogP contribution in [-0.4, -0.2) is 25.6 Å². The van der Waals surface area contributed by atoms with E-state index in [1.54, 1.807) is 0 Å². The number of hydrogen-bond donors (Lipinski definition) is 1. The van der Waals surface area contributed by atoms with Crippen LogP contribution in [0, 0.1) is 0 Å². The fourth-order valence-corrected chi connectivity index (χ4v) is 3.44. The van der Waals surface area contributed by atoms with Gasteiger partial charge in [0.15, 0.2) is 5.82 Å². The Hall–Kier alpha value is -4.32. The average molecular weight is 419 g/mol. The Morgan fingerprint density at radius 3 is 2.34 bits per heavy atom. The molecular weight excluding hydrogens is 398 g/mol. The van der Waals surface area contributed by atoms with Crippen LogP contribution in [0.3, 0.4) is 0 Å². The number of rotatable bonds is 7. The average Bonchev–Trinajstić information content (AvgIpc) is 3.37. The number of aromatic amines is 1. The van der Waals surface area contributed by atoms with E-state index in [2.05, 4.69) is 74.1 Å². The fraction of sp³-hybridized carbons (Fsp3) is 0.0769. The fourth-order valence-electron chi connectivity index (χ4n) is 3.44. The summed E-state index contributed by atoms with van der Waals surface area (Å²) < 4.78 is 5.93. The van der Waals surface area contributed by atoms with Crippen molar-refractivity contribution in [2.45, 2.75) is 13.0 Å². The van der Waals surface area contributed by atoms with Gasteiger partial charge in [0, 0.05) is 5.39 Å². The number of para-hydroxylation sites is 1. The summed E-state index contributed by atoms with van der Waals surface area (Å²) in [6, 6.07) is 28.9. The zero-order valence-electron chi connectivity index (χ0n) is 17.3. The summed E-state index contributed by atoms with van der Waals surface area (Å²) in [7, 11) is 0. The van der Waals surface area contributed by atoms with Crippen molar-refractivity contribution in [3.05, 3.63) is 113 Å². The number of H-pyrrole nitrogens is 1. The first kappa shape index (κ1) is 19.6. The molecule has 2 aromatic heterocycles. The van der Waals surface area contributed by atoms with Crippen LogP contribution in [0.1, 0.15) is 28.2 Å². The number of ether oxygens (including phenoxy) is 1. The van der Waals surface area contributed by atoms with E-state index in [0.717, 1.165) is 34.3 Å². The second-order valence-corrected chi connectivity index (χ2v) is 7.45. The van der Waals surface area contributed by atoms with E-state index in [4.69, 9.17) is 4.74 Å². The van der Waals surface area contributed by atoms with Gasteiger partial charge < -0.3 is 4.74 Å². The largest absolute Gasteiger partial charge is 0.487 e. The van der Waals surface area contributed by atoms with Crippen LogP contribution in [0.5, 0.6) is 5.75 Å². The first-order valence-electron chi connectivity index (χ1n) is 10.4. The van der Waals surface area contributed by atoms with Gasteiger partial charge in [-0.1, -0.05) is 66.7 Å². The van der Waals surface area contributed by atoms with Crippen molar-refractivity contribution in [3.63, 3.8) is 0 Å². The van der Waals surface area contributed by atoms with Crippen LogP contribution in [0.15, 0.2) is 84.9 Å². The number of fused-ring (bicyclic) bond motifs is 1. The number of tetrazole rings is 1. The van der Waals surface area contributed by atoms with Crippen LogP contribution in [0.4, 0.5) is 0 Å². The van der Waals surface area contributed by atoms with Gasteiger partial charge in [-0.25, -0.2) is 4.98 Å². The van der Waals surface area contributed by atoms with Crippen molar-refractivity contribution < 1.29 is 4.74 Å². The quantitative estimate of drug-likeness (QED) is 0.398. The van der Waals surface area contributed by atoms with Crippen LogP contribution in [0.25, 0.3) is 23.1 Å². The molecule has 0 radical (unpaired) electrons. The van der Waals surface area contributed by atoms with E-state index < -0.39 is 0 Å². The minimum absolute atomic E-state index is 0.447. The Morgan fingerprint density at radius 1 is 0.781 bits per heavy atom. The first-order chi connectivity index (χ1) is 15.8. The lowest BCUT2D eigenvalue weighted by molar-refractivity contribution is 0.301. The highest BCUT2D eigenvalue weighted by molar-refractivity contribution is 5.78. The Balaban J connectivity index is 1.17. The molecule has 2 heterocycles. The molecule has 0 saturated heterocycles. The molecule has 6 heteroatoms. The molecule has 0 aliphatic heterocycles. The molecule has 32 heavy (non-hydrogen) atoms. The van der Waals surface area contributed by atoms with E-state index in [-0.39, 0.29) is 0 Å². The van der Waals surface area contributed by atoms with Gasteiger partial charge in [-0.2, -0.15) is 5.21 Å². The molecule has 0 amide bonds. The Kier molecular flexibility index (Phi) is 5.66. The van der Waals surface area contributed by atoms with E-state index in [9.17, 15) is 0 Å². The third kappa shape index (κ3) is 4.87. The monoisotopic (exact) mass is 419 g/mol. The van der Waals surface area contributed by atoms with Gasteiger partial charge in [0.1, 0.15) is 12.4 Å². The van der Waals surface area contributed by atoms with Gasteiger partial charge in [-0.3, -0.25) is 0 Å². The second-order valence-electron chi connectivity index (χ2n) is 7.45. The minimum Gasteiger partial charge on any atom is -0.487 e. The second kappa shape index (κ2) is 9.22. The Bertz CT molecular complexity index is 1330. The van der Waals surface area contributed by atoms with Crippen molar-refractivity contribution >= 4 is 23.1 Å². The summed E-state index contributed by atoms with van der Waals surface area (Å²) in [6.07, 6.45) is 4.65. The molecule has 0 fully saturated rings. The first-order valence-corrected chi connectivity index (χ1v) is 10.4. The molecule has 0 spiro atoms. The SMILES string of the molecule is C(=C\c1nn[nH]n1)/c1ccc(Cc2ccc(OCc3ccc4ccccc4n3)cc2)cc1. The third-order valence-corrected chi connectivity index (χ3v) is 5.14. The number of hydrogen-bond acceptors (Lipinski definition) is 5. The summed E-state index contributed by atoms with van der Waals surface area (Å²) >= 11 is 0. The Labute approximate surface area is 185 Å². The molecule has 3 aromatic carbocycles. The molecule has 5 rings (SSSR count). The van der Waals surface area contributed by atoms with Crippen LogP contribution in [0.2, 0.25) is 0 Å². The molecule has 5 aromatic rings. The molecule has 0 bridgehead atoms. The molecule has 0 aliphatic rings. The lowest BCUT2D eigenvalue weighted by atomic mass is 10.0. The number of pyridine rings is 1. The van der Waals surface area contributed by atoms with Crippen LogP contribution in [-0.2, 0) is 13.0 Å². The van der Waals surface area contributed by atoms with Gasteiger partial charge in [0.25, 0.3) is 0 Å². The van der Waals surface area contributed by atoms with Gasteiger partial charge in [0.05, 0.1) is 11.2 Å². The van der Waals surface area contributed by atoms with Crippen molar-refractivity contribution in [1.29, 1.82) is 0 Å². The summed E-state index contributed by atoms with van der Waals surface area (Å²) in [5.41, 5.74) is 5.47. The van der Waals surface area contributed by atoms with Crippen molar-refractivity contribution in [1.82, 2.24) is 25.6 Å². The van der Waals surface area contributed by atoms with Gasteiger partial charge in [-0.05, 0) is 58.7 Å².